The fourth-order valence-electron chi connectivity index (χ4n) is 2.57. The number of hydrogen-bond donors (Lipinski definition) is 2. The lowest BCUT2D eigenvalue weighted by Crippen LogP contribution is -2.31. The van der Waals surface area contributed by atoms with Crippen molar-refractivity contribution < 1.29 is 0 Å². The van der Waals surface area contributed by atoms with Crippen LogP contribution in [0.5, 0.6) is 0 Å². The topological polar surface area (TPSA) is 49.8 Å². The van der Waals surface area contributed by atoms with Crippen LogP contribution in [0.15, 0.2) is 24.3 Å². The summed E-state index contributed by atoms with van der Waals surface area (Å²) in [4.78, 5) is 9.05. The number of nitrogens with zero attached hydrogens (tertiary/aromatic N) is 2. The average Bonchev–Trinajstić information content (AvgIpc) is 2.36. The molecule has 1 aliphatic rings. The molecule has 1 aromatic carbocycles. The molecule has 1 fully saturated rings. The van der Waals surface area contributed by atoms with Crippen LogP contribution in [0.4, 0.5) is 11.8 Å². The highest BCUT2D eigenvalue weighted by Gasteiger charge is 2.24. The van der Waals surface area contributed by atoms with Crippen molar-refractivity contribution in [1.29, 1.82) is 0 Å². The molecule has 1 aliphatic carbocycles. The van der Waals surface area contributed by atoms with Crippen LogP contribution in [-0.2, 0) is 0 Å². The van der Waals surface area contributed by atoms with Gasteiger partial charge in [-0.3, -0.25) is 0 Å². The van der Waals surface area contributed by atoms with Gasteiger partial charge in [-0.2, -0.15) is 4.98 Å². The number of hydrogen-bond acceptors (Lipinski definition) is 4. The van der Waals surface area contributed by atoms with Crippen LogP contribution in [0.1, 0.15) is 26.2 Å². The quantitative estimate of drug-likeness (QED) is 0.881. The summed E-state index contributed by atoms with van der Waals surface area (Å²) in [5.74, 6) is 2.39. The Morgan fingerprint density at radius 3 is 2.68 bits per heavy atom. The number of benzene rings is 1. The molecule has 2 N–H and O–H groups in total. The number of fused-ring (bicyclic) bond motifs is 1. The Hall–Kier alpha value is -1.84. The van der Waals surface area contributed by atoms with E-state index in [2.05, 4.69) is 33.6 Å². The smallest absolute Gasteiger partial charge is 0.224 e. The van der Waals surface area contributed by atoms with Gasteiger partial charge in [-0.05, 0) is 37.8 Å². The van der Waals surface area contributed by atoms with Crippen LogP contribution in [0.2, 0.25) is 0 Å². The molecule has 1 unspecified atom stereocenters. The van der Waals surface area contributed by atoms with E-state index in [-0.39, 0.29) is 0 Å². The molecule has 100 valence electrons. The molecule has 0 amide bonds. The Balaban J connectivity index is 1.95. The molecule has 0 bridgehead atoms. The standard InChI is InChI=1S/C15H20N4/c1-10(11-6-5-7-11)17-14-12-8-3-4-9-13(12)18-15(16-2)19-14/h3-4,8-11H,5-7H2,1-2H3,(H2,16,17,18,19). The van der Waals surface area contributed by atoms with Gasteiger partial charge < -0.3 is 10.6 Å². The third-order valence-corrected chi connectivity index (χ3v) is 4.05. The molecule has 0 spiro atoms. The Morgan fingerprint density at radius 1 is 1.21 bits per heavy atom. The molecule has 1 saturated carbocycles. The van der Waals surface area contributed by atoms with Crippen molar-refractivity contribution in [2.75, 3.05) is 17.7 Å². The van der Waals surface area contributed by atoms with E-state index in [0.29, 0.717) is 12.0 Å². The van der Waals surface area contributed by atoms with E-state index in [0.717, 1.165) is 22.6 Å². The summed E-state index contributed by atoms with van der Waals surface area (Å²) in [6.07, 6.45) is 4.02. The monoisotopic (exact) mass is 256 g/mol. The Labute approximate surface area is 113 Å². The molecule has 3 rings (SSSR count). The zero-order chi connectivity index (χ0) is 13.2. The number of aromatic nitrogens is 2. The highest BCUT2D eigenvalue weighted by atomic mass is 15.1. The van der Waals surface area contributed by atoms with Crippen molar-refractivity contribution in [3.63, 3.8) is 0 Å². The van der Waals surface area contributed by atoms with Gasteiger partial charge in [0.25, 0.3) is 0 Å². The molecule has 1 atom stereocenters. The van der Waals surface area contributed by atoms with Crippen molar-refractivity contribution in [1.82, 2.24) is 9.97 Å². The van der Waals surface area contributed by atoms with Gasteiger partial charge in [-0.1, -0.05) is 18.6 Å². The Kier molecular flexibility index (Phi) is 3.23. The lowest BCUT2D eigenvalue weighted by Gasteiger charge is -2.32. The third-order valence-electron chi connectivity index (χ3n) is 4.05. The predicted molar refractivity (Wildman–Crippen MR) is 79.5 cm³/mol. The van der Waals surface area contributed by atoms with E-state index in [9.17, 15) is 0 Å². The Bertz CT molecular complexity index is 577. The van der Waals surface area contributed by atoms with Crippen LogP contribution in [0.3, 0.4) is 0 Å². The highest BCUT2D eigenvalue weighted by molar-refractivity contribution is 5.90. The molecular formula is C15H20N4. The van der Waals surface area contributed by atoms with Gasteiger partial charge in [0, 0.05) is 18.5 Å². The van der Waals surface area contributed by atoms with E-state index in [1.54, 1.807) is 0 Å². The SMILES string of the molecule is CNc1nc(NC(C)C2CCC2)c2ccccc2n1. The summed E-state index contributed by atoms with van der Waals surface area (Å²) in [6, 6.07) is 8.61. The van der Waals surface area contributed by atoms with Crippen LogP contribution < -0.4 is 10.6 Å². The van der Waals surface area contributed by atoms with Crippen molar-refractivity contribution in [3.05, 3.63) is 24.3 Å². The first-order chi connectivity index (χ1) is 9.28. The van der Waals surface area contributed by atoms with Gasteiger partial charge in [0.2, 0.25) is 5.95 Å². The maximum Gasteiger partial charge on any atom is 0.224 e. The minimum absolute atomic E-state index is 0.469. The van der Waals surface area contributed by atoms with Crippen LogP contribution in [-0.4, -0.2) is 23.1 Å². The van der Waals surface area contributed by atoms with Crippen LogP contribution in [0.25, 0.3) is 10.9 Å². The summed E-state index contributed by atoms with van der Waals surface area (Å²) >= 11 is 0. The van der Waals surface area contributed by atoms with Crippen molar-refractivity contribution in [2.24, 2.45) is 5.92 Å². The summed E-state index contributed by atoms with van der Waals surface area (Å²) in [5, 5.41) is 7.69. The molecule has 0 radical (unpaired) electrons. The van der Waals surface area contributed by atoms with Gasteiger partial charge in [-0.25, -0.2) is 4.98 Å². The normalized spacial score (nSPS) is 16.9. The third kappa shape index (κ3) is 2.35. The fraction of sp³-hybridized carbons (Fsp3) is 0.467. The summed E-state index contributed by atoms with van der Waals surface area (Å²) in [7, 11) is 1.85. The number of nitrogens with one attached hydrogen (secondary N) is 2. The minimum Gasteiger partial charge on any atom is -0.367 e. The molecule has 4 nitrogen and oxygen atoms in total. The zero-order valence-corrected chi connectivity index (χ0v) is 11.5. The van der Waals surface area contributed by atoms with E-state index >= 15 is 0 Å². The second-order valence-corrected chi connectivity index (χ2v) is 5.29. The van der Waals surface area contributed by atoms with E-state index in [1.807, 2.05) is 25.2 Å². The molecule has 1 heterocycles. The lowest BCUT2D eigenvalue weighted by molar-refractivity contribution is 0.285. The van der Waals surface area contributed by atoms with Gasteiger partial charge >= 0.3 is 0 Å². The van der Waals surface area contributed by atoms with Gasteiger partial charge in [0.1, 0.15) is 5.82 Å². The largest absolute Gasteiger partial charge is 0.367 e. The van der Waals surface area contributed by atoms with E-state index < -0.39 is 0 Å². The number of anilines is 2. The van der Waals surface area contributed by atoms with Crippen molar-refractivity contribution >= 4 is 22.7 Å². The average molecular weight is 256 g/mol. The van der Waals surface area contributed by atoms with Crippen molar-refractivity contribution in [3.8, 4) is 0 Å². The van der Waals surface area contributed by atoms with Gasteiger partial charge in [0.15, 0.2) is 0 Å². The molecular weight excluding hydrogens is 236 g/mol. The zero-order valence-electron chi connectivity index (χ0n) is 11.5. The molecule has 1 aromatic heterocycles. The van der Waals surface area contributed by atoms with E-state index in [4.69, 9.17) is 0 Å². The molecule has 2 aromatic rings. The number of rotatable bonds is 4. The molecule has 0 aliphatic heterocycles. The first-order valence-corrected chi connectivity index (χ1v) is 6.99. The number of para-hydroxylation sites is 1. The summed E-state index contributed by atoms with van der Waals surface area (Å²) < 4.78 is 0. The van der Waals surface area contributed by atoms with Gasteiger partial charge in [0.05, 0.1) is 5.52 Å². The van der Waals surface area contributed by atoms with Crippen LogP contribution >= 0.6 is 0 Å². The summed E-state index contributed by atoms with van der Waals surface area (Å²) in [5.41, 5.74) is 0.977. The first-order valence-electron chi connectivity index (χ1n) is 6.99. The highest BCUT2D eigenvalue weighted by Crippen LogP contribution is 2.32. The molecule has 4 heteroatoms. The van der Waals surface area contributed by atoms with E-state index in [1.165, 1.54) is 19.3 Å². The Morgan fingerprint density at radius 2 is 2.00 bits per heavy atom. The minimum atomic E-state index is 0.469. The predicted octanol–water partition coefficient (Wildman–Crippen LogP) is 3.27. The molecule has 19 heavy (non-hydrogen) atoms. The van der Waals surface area contributed by atoms with Crippen molar-refractivity contribution in [2.45, 2.75) is 32.2 Å². The lowest BCUT2D eigenvalue weighted by atomic mass is 9.80. The van der Waals surface area contributed by atoms with Crippen LogP contribution in [0, 0.1) is 5.92 Å². The first kappa shape index (κ1) is 12.2. The fourth-order valence-corrected chi connectivity index (χ4v) is 2.57. The maximum atomic E-state index is 4.57. The summed E-state index contributed by atoms with van der Waals surface area (Å²) in [6.45, 7) is 2.25. The second kappa shape index (κ2) is 5.03. The second-order valence-electron chi connectivity index (χ2n) is 5.29. The maximum absolute atomic E-state index is 4.57. The van der Waals surface area contributed by atoms with Gasteiger partial charge in [-0.15, -0.1) is 0 Å². The molecule has 0 saturated heterocycles.